The quantitative estimate of drug-likeness (QED) is 0.520. The average molecular weight is 403 g/mol. The van der Waals surface area contributed by atoms with Gasteiger partial charge in [-0.3, -0.25) is 4.98 Å². The molecule has 1 fully saturated rings. The molecule has 2 aliphatic heterocycles. The van der Waals surface area contributed by atoms with Gasteiger partial charge in [0.2, 0.25) is 5.69 Å². The molecule has 152 valence electrons. The Labute approximate surface area is 174 Å². The zero-order valence-electron chi connectivity index (χ0n) is 16.7. The Bertz CT molecular complexity index is 1160. The number of anilines is 2. The maximum atomic E-state index is 14.1. The van der Waals surface area contributed by atoms with E-state index in [1.165, 1.54) is 6.07 Å². The first-order chi connectivity index (χ1) is 14.6. The molecule has 3 aromatic rings. The van der Waals surface area contributed by atoms with Crippen LogP contribution in [0.5, 0.6) is 5.75 Å². The van der Waals surface area contributed by atoms with Gasteiger partial charge in [-0.2, -0.15) is 0 Å². The number of benzene rings is 1. The molecule has 30 heavy (non-hydrogen) atoms. The lowest BCUT2D eigenvalue weighted by Crippen LogP contribution is -2.24. The zero-order valence-corrected chi connectivity index (χ0v) is 16.7. The lowest BCUT2D eigenvalue weighted by Gasteiger charge is -2.28. The third-order valence-electron chi connectivity index (χ3n) is 5.88. The van der Waals surface area contributed by atoms with Gasteiger partial charge < -0.3 is 15.0 Å². The molecule has 0 unspecified atom stereocenters. The Morgan fingerprint density at radius 2 is 2.17 bits per heavy atom. The fourth-order valence-electron chi connectivity index (χ4n) is 4.37. The molecule has 0 aliphatic carbocycles. The molecule has 5 rings (SSSR count). The molecule has 2 atom stereocenters. The molecule has 4 heterocycles. The van der Waals surface area contributed by atoms with Crippen LogP contribution in [-0.2, 0) is 0 Å². The van der Waals surface area contributed by atoms with E-state index >= 15 is 0 Å². The van der Waals surface area contributed by atoms with E-state index in [0.717, 1.165) is 48.5 Å². The van der Waals surface area contributed by atoms with E-state index < -0.39 is 0 Å². The van der Waals surface area contributed by atoms with Crippen LogP contribution >= 0.6 is 0 Å². The van der Waals surface area contributed by atoms with Crippen molar-refractivity contribution in [3.63, 3.8) is 0 Å². The van der Waals surface area contributed by atoms with Crippen molar-refractivity contribution >= 4 is 28.2 Å². The Kier molecular flexibility index (Phi) is 4.62. The highest BCUT2D eigenvalue weighted by atomic mass is 19.1. The van der Waals surface area contributed by atoms with Crippen molar-refractivity contribution in [1.82, 2.24) is 9.97 Å². The van der Waals surface area contributed by atoms with Crippen LogP contribution in [0.1, 0.15) is 37.8 Å². The van der Waals surface area contributed by atoms with Crippen LogP contribution in [0, 0.1) is 12.4 Å². The summed E-state index contributed by atoms with van der Waals surface area (Å²) in [6.07, 6.45) is 4.22. The number of halogens is 1. The topological polar surface area (TPSA) is 54.6 Å². The summed E-state index contributed by atoms with van der Waals surface area (Å²) in [5, 5.41) is 3.45. The number of rotatable bonds is 0. The molecule has 2 aliphatic rings. The van der Waals surface area contributed by atoms with E-state index in [0.29, 0.717) is 23.5 Å². The molecule has 2 aromatic heterocycles. The van der Waals surface area contributed by atoms with Crippen molar-refractivity contribution in [3.8, 4) is 5.75 Å². The van der Waals surface area contributed by atoms with Crippen molar-refractivity contribution in [2.45, 2.75) is 38.3 Å². The molecule has 1 saturated heterocycles. The van der Waals surface area contributed by atoms with Gasteiger partial charge in [0, 0.05) is 30.8 Å². The molecular weight excluding hydrogens is 381 g/mol. The molecule has 1 aromatic carbocycles. The van der Waals surface area contributed by atoms with Crippen LogP contribution in [0.2, 0.25) is 0 Å². The average Bonchev–Trinajstić information content (AvgIpc) is 3.24. The van der Waals surface area contributed by atoms with Crippen LogP contribution in [0.25, 0.3) is 15.9 Å². The minimum absolute atomic E-state index is 0.00719. The van der Waals surface area contributed by atoms with Gasteiger partial charge in [0.25, 0.3) is 0 Å². The third-order valence-corrected chi connectivity index (χ3v) is 5.88. The smallest absolute Gasteiger partial charge is 0.229 e. The highest BCUT2D eigenvalue weighted by Gasteiger charge is 2.30. The Balaban J connectivity index is 1.71. The predicted octanol–water partition coefficient (Wildman–Crippen LogP) is 5.24. The fraction of sp³-hybridized carbons (Fsp3) is 0.348. The van der Waals surface area contributed by atoms with E-state index in [-0.39, 0.29) is 17.9 Å². The molecule has 7 heteroatoms. The molecule has 6 nitrogen and oxygen atoms in total. The molecule has 2 bridgehead atoms. The fourth-order valence-corrected chi connectivity index (χ4v) is 4.37. The number of ether oxygens (including phenoxy) is 1. The lowest BCUT2D eigenvalue weighted by atomic mass is 10.0. The standard InChI is InChI=1S/C23H22FN5O/c1-14-9-11-30-20-7-5-15(24)12-16(20)19-4-3-10-29(19)21-8-6-17-22(28-21)23(27-14)18(25-2)13-26-17/h5-8,12-14,19,27H,3-4,9-11H2,1H3/t14-,19+/m1/s1. The Hall–Kier alpha value is -3.40. The normalized spacial score (nSPS) is 20.8. The number of pyridine rings is 2. The van der Waals surface area contributed by atoms with Crippen LogP contribution < -0.4 is 15.0 Å². The van der Waals surface area contributed by atoms with E-state index in [2.05, 4.69) is 27.0 Å². The number of hydrogen-bond donors (Lipinski definition) is 1. The highest BCUT2D eigenvalue weighted by molar-refractivity contribution is 5.95. The van der Waals surface area contributed by atoms with Gasteiger partial charge in [-0.1, -0.05) is 0 Å². The molecule has 0 spiro atoms. The second-order valence-corrected chi connectivity index (χ2v) is 7.88. The maximum absolute atomic E-state index is 14.1. The van der Waals surface area contributed by atoms with Gasteiger partial charge in [-0.25, -0.2) is 14.2 Å². The minimum Gasteiger partial charge on any atom is -0.493 e. The van der Waals surface area contributed by atoms with Crippen molar-refractivity contribution in [2.24, 2.45) is 0 Å². The van der Waals surface area contributed by atoms with Crippen molar-refractivity contribution in [3.05, 3.63) is 59.3 Å². The Morgan fingerprint density at radius 1 is 1.27 bits per heavy atom. The largest absolute Gasteiger partial charge is 0.493 e. The summed E-state index contributed by atoms with van der Waals surface area (Å²) in [4.78, 5) is 15.2. The third kappa shape index (κ3) is 3.18. The van der Waals surface area contributed by atoms with E-state index in [4.69, 9.17) is 16.3 Å². The van der Waals surface area contributed by atoms with Crippen LogP contribution in [-0.4, -0.2) is 29.2 Å². The number of nitrogens with one attached hydrogen (secondary N) is 1. The van der Waals surface area contributed by atoms with Crippen molar-refractivity contribution < 1.29 is 9.13 Å². The van der Waals surface area contributed by atoms with Gasteiger partial charge in [0.15, 0.2) is 0 Å². The first-order valence-corrected chi connectivity index (χ1v) is 10.3. The summed E-state index contributed by atoms with van der Waals surface area (Å²) in [5.74, 6) is 1.27. The predicted molar refractivity (Wildman–Crippen MR) is 115 cm³/mol. The first-order valence-electron chi connectivity index (χ1n) is 10.3. The number of hydrogen-bond acceptors (Lipinski definition) is 5. The van der Waals surface area contributed by atoms with Gasteiger partial charge in [0.05, 0.1) is 30.4 Å². The van der Waals surface area contributed by atoms with Gasteiger partial charge in [0.1, 0.15) is 22.9 Å². The molecule has 0 amide bonds. The summed E-state index contributed by atoms with van der Waals surface area (Å²) in [6.45, 7) is 10.9. The molecule has 1 N–H and O–H groups in total. The van der Waals surface area contributed by atoms with Gasteiger partial charge in [-0.15, -0.1) is 0 Å². The molecule has 0 radical (unpaired) electrons. The summed E-state index contributed by atoms with van der Waals surface area (Å²) < 4.78 is 20.2. The monoisotopic (exact) mass is 403 g/mol. The lowest BCUT2D eigenvalue weighted by molar-refractivity contribution is 0.299. The first kappa shape index (κ1) is 18.6. The SMILES string of the molecule is [C-]#[N+]c1cnc2ccc3nc2c1N[C@H](C)CCOc1ccc(F)cc1[C@@H]1CCCN31. The van der Waals surface area contributed by atoms with E-state index in [1.54, 1.807) is 18.3 Å². The number of aromatic nitrogens is 2. The summed E-state index contributed by atoms with van der Waals surface area (Å²) in [7, 11) is 0. The summed E-state index contributed by atoms with van der Waals surface area (Å²) >= 11 is 0. The van der Waals surface area contributed by atoms with Crippen molar-refractivity contribution in [2.75, 3.05) is 23.4 Å². The second kappa shape index (κ2) is 7.45. The Morgan fingerprint density at radius 3 is 3.03 bits per heavy atom. The second-order valence-electron chi connectivity index (χ2n) is 7.88. The van der Waals surface area contributed by atoms with Crippen LogP contribution in [0.3, 0.4) is 0 Å². The van der Waals surface area contributed by atoms with Crippen LogP contribution in [0.15, 0.2) is 36.5 Å². The summed E-state index contributed by atoms with van der Waals surface area (Å²) in [6, 6.07) is 8.72. The van der Waals surface area contributed by atoms with Gasteiger partial charge >= 0.3 is 0 Å². The molecule has 0 saturated carbocycles. The maximum Gasteiger partial charge on any atom is 0.229 e. The minimum atomic E-state index is -0.261. The zero-order chi connectivity index (χ0) is 20.7. The molecular formula is C23H22FN5O. The van der Waals surface area contributed by atoms with Gasteiger partial charge in [-0.05, 0) is 50.1 Å². The van der Waals surface area contributed by atoms with Crippen LogP contribution in [0.4, 0.5) is 21.6 Å². The van der Waals surface area contributed by atoms with Crippen molar-refractivity contribution in [1.29, 1.82) is 0 Å². The number of nitrogens with zero attached hydrogens (tertiary/aromatic N) is 4. The van der Waals surface area contributed by atoms with E-state index in [9.17, 15) is 4.39 Å². The highest BCUT2D eigenvalue weighted by Crippen LogP contribution is 2.41. The van der Waals surface area contributed by atoms with E-state index in [1.807, 2.05) is 12.1 Å². The summed E-state index contributed by atoms with van der Waals surface area (Å²) in [5.41, 5.74) is 3.47. The number of fused-ring (bicyclic) bond motifs is 5.